The molecule has 1 aromatic heterocycles. The largest absolute Gasteiger partial charge is 0.341 e. The normalized spacial score (nSPS) is 12.2. The highest BCUT2D eigenvalue weighted by Gasteiger charge is 2.15. The molecule has 1 heterocycles. The van der Waals surface area contributed by atoms with Crippen LogP contribution in [0.3, 0.4) is 0 Å². The number of halogens is 1. The van der Waals surface area contributed by atoms with Crippen LogP contribution in [0.4, 0.5) is 0 Å². The summed E-state index contributed by atoms with van der Waals surface area (Å²) in [6, 6.07) is 19.4. The lowest BCUT2D eigenvalue weighted by molar-refractivity contribution is -0.140. The second kappa shape index (κ2) is 10.3. The van der Waals surface area contributed by atoms with E-state index in [1.54, 1.807) is 30.3 Å². The van der Waals surface area contributed by atoms with E-state index >= 15 is 0 Å². The fourth-order valence-electron chi connectivity index (χ4n) is 4.25. The number of aryl methyl sites for hydroxylation is 1. The molecule has 178 valence electrons. The molecular formula is C29H27ClN2O3. The molecule has 0 fully saturated rings. The Hall–Kier alpha value is -3.70. The van der Waals surface area contributed by atoms with Crippen LogP contribution in [0, 0.1) is 5.92 Å². The maximum absolute atomic E-state index is 12.6. The Balaban J connectivity index is 1.80. The Bertz CT molecular complexity index is 1490. The van der Waals surface area contributed by atoms with Crippen molar-refractivity contribution >= 4 is 56.9 Å². The number of fused-ring (bicyclic) bond motifs is 3. The Morgan fingerprint density at radius 3 is 2.37 bits per heavy atom. The minimum atomic E-state index is -0.449. The van der Waals surface area contributed by atoms with E-state index in [4.69, 9.17) is 16.4 Å². The first kappa shape index (κ1) is 24.4. The molecule has 35 heavy (non-hydrogen) atoms. The molecule has 0 saturated heterocycles. The van der Waals surface area contributed by atoms with E-state index < -0.39 is 5.97 Å². The molecule has 0 N–H and O–H groups in total. The zero-order valence-corrected chi connectivity index (χ0v) is 21.0. The van der Waals surface area contributed by atoms with Crippen molar-refractivity contribution in [3.63, 3.8) is 0 Å². The summed E-state index contributed by atoms with van der Waals surface area (Å²) >= 11 is 6.17. The zero-order valence-electron chi connectivity index (χ0n) is 20.2. The summed E-state index contributed by atoms with van der Waals surface area (Å²) < 4.78 is 2.26. The van der Waals surface area contributed by atoms with E-state index in [0.717, 1.165) is 39.5 Å². The van der Waals surface area contributed by atoms with Gasteiger partial charge in [-0.25, -0.2) is 4.79 Å². The standard InChI is InChI=1S/C29H27ClN2O3/c1-5-32-26-13-10-20(11-15-28(34)22-8-6-7-9-25(22)30)16-23(26)24-17-21(12-14-27(24)32)29(18(2)3)31-35-19(4)33/h6-18H,5H2,1-4H3. The van der Waals surface area contributed by atoms with E-state index in [1.807, 2.05) is 32.1 Å². The van der Waals surface area contributed by atoms with Gasteiger partial charge in [0.1, 0.15) is 0 Å². The van der Waals surface area contributed by atoms with Gasteiger partial charge in [0.05, 0.1) is 10.7 Å². The van der Waals surface area contributed by atoms with Crippen LogP contribution in [0.1, 0.15) is 49.2 Å². The molecule has 0 amide bonds. The van der Waals surface area contributed by atoms with Crippen molar-refractivity contribution < 1.29 is 14.4 Å². The molecular weight excluding hydrogens is 460 g/mol. The first-order valence-electron chi connectivity index (χ1n) is 11.6. The van der Waals surface area contributed by atoms with Crippen LogP contribution in [0.25, 0.3) is 27.9 Å². The molecule has 0 aliphatic carbocycles. The van der Waals surface area contributed by atoms with Gasteiger partial charge in [0.2, 0.25) is 0 Å². The first-order valence-corrected chi connectivity index (χ1v) is 12.0. The van der Waals surface area contributed by atoms with E-state index in [-0.39, 0.29) is 11.7 Å². The topological polar surface area (TPSA) is 60.7 Å². The number of rotatable bonds is 7. The average molecular weight is 487 g/mol. The van der Waals surface area contributed by atoms with Gasteiger partial charge in [0, 0.05) is 46.4 Å². The molecule has 3 aromatic carbocycles. The van der Waals surface area contributed by atoms with Crippen molar-refractivity contribution in [3.8, 4) is 0 Å². The van der Waals surface area contributed by atoms with Gasteiger partial charge in [-0.2, -0.15) is 0 Å². The first-order chi connectivity index (χ1) is 16.8. The Morgan fingerprint density at radius 1 is 1.03 bits per heavy atom. The molecule has 6 heteroatoms. The summed E-state index contributed by atoms with van der Waals surface area (Å²) in [4.78, 5) is 28.9. The SMILES string of the molecule is CCn1c2ccc(C=CC(=O)c3ccccc3Cl)cc2c2cc(C(=NOC(C)=O)C(C)C)ccc21. The van der Waals surface area contributed by atoms with Gasteiger partial charge in [0.15, 0.2) is 5.78 Å². The van der Waals surface area contributed by atoms with Crippen molar-refractivity contribution in [1.82, 2.24) is 4.57 Å². The van der Waals surface area contributed by atoms with Crippen LogP contribution in [-0.2, 0) is 16.2 Å². The quantitative estimate of drug-likeness (QED) is 0.0905. The van der Waals surface area contributed by atoms with Crippen molar-refractivity contribution in [3.05, 3.63) is 88.5 Å². The van der Waals surface area contributed by atoms with Crippen molar-refractivity contribution in [2.45, 2.75) is 34.2 Å². The number of benzene rings is 3. The molecule has 5 nitrogen and oxygen atoms in total. The van der Waals surface area contributed by atoms with Crippen molar-refractivity contribution in [1.29, 1.82) is 0 Å². The molecule has 0 unspecified atom stereocenters. The van der Waals surface area contributed by atoms with Crippen molar-refractivity contribution in [2.24, 2.45) is 11.1 Å². The third-order valence-electron chi connectivity index (χ3n) is 5.89. The minimum Gasteiger partial charge on any atom is -0.341 e. The van der Waals surface area contributed by atoms with Crippen LogP contribution in [0.2, 0.25) is 5.02 Å². The summed E-state index contributed by atoms with van der Waals surface area (Å²) in [5.41, 5.74) is 5.22. The van der Waals surface area contributed by atoms with E-state index in [1.165, 1.54) is 6.92 Å². The third kappa shape index (κ3) is 5.05. The number of hydrogen-bond donors (Lipinski definition) is 0. The molecule has 0 bridgehead atoms. The molecule has 0 aliphatic heterocycles. The lowest BCUT2D eigenvalue weighted by Gasteiger charge is -2.10. The minimum absolute atomic E-state index is 0.0700. The molecule has 0 saturated carbocycles. The van der Waals surface area contributed by atoms with E-state index in [9.17, 15) is 9.59 Å². The fourth-order valence-corrected chi connectivity index (χ4v) is 4.48. The maximum Gasteiger partial charge on any atom is 0.331 e. The summed E-state index contributed by atoms with van der Waals surface area (Å²) in [5.74, 6) is -0.521. The Morgan fingerprint density at radius 2 is 1.71 bits per heavy atom. The average Bonchev–Trinajstić information content (AvgIpc) is 3.15. The summed E-state index contributed by atoms with van der Waals surface area (Å²) in [6.07, 6.45) is 3.36. The second-order valence-electron chi connectivity index (χ2n) is 8.64. The fraction of sp³-hybridized carbons (Fsp3) is 0.207. The molecule has 4 rings (SSSR count). The van der Waals surface area contributed by atoms with Crippen LogP contribution >= 0.6 is 11.6 Å². The number of hydrogen-bond acceptors (Lipinski definition) is 4. The van der Waals surface area contributed by atoms with Crippen LogP contribution in [0.5, 0.6) is 0 Å². The molecule has 0 atom stereocenters. The zero-order chi connectivity index (χ0) is 25.1. The summed E-state index contributed by atoms with van der Waals surface area (Å²) in [5, 5.41) is 6.70. The van der Waals surface area contributed by atoms with Gasteiger partial charge in [-0.3, -0.25) is 4.79 Å². The number of allylic oxidation sites excluding steroid dienone is 1. The molecule has 4 aromatic rings. The Kier molecular flexibility index (Phi) is 7.17. The highest BCUT2D eigenvalue weighted by atomic mass is 35.5. The third-order valence-corrected chi connectivity index (χ3v) is 6.22. The summed E-state index contributed by atoms with van der Waals surface area (Å²) in [7, 11) is 0. The van der Waals surface area contributed by atoms with E-state index in [0.29, 0.717) is 16.3 Å². The number of oxime groups is 1. The monoisotopic (exact) mass is 486 g/mol. The highest BCUT2D eigenvalue weighted by Crippen LogP contribution is 2.32. The predicted octanol–water partition coefficient (Wildman–Crippen LogP) is 7.29. The predicted molar refractivity (Wildman–Crippen MR) is 143 cm³/mol. The maximum atomic E-state index is 12.6. The van der Waals surface area contributed by atoms with Gasteiger partial charge in [0.25, 0.3) is 0 Å². The number of carbonyl (C=O) groups is 2. The smallest absolute Gasteiger partial charge is 0.331 e. The second-order valence-corrected chi connectivity index (χ2v) is 9.05. The highest BCUT2D eigenvalue weighted by molar-refractivity contribution is 6.34. The van der Waals surface area contributed by atoms with Crippen molar-refractivity contribution in [2.75, 3.05) is 0 Å². The number of aromatic nitrogens is 1. The number of ketones is 1. The lowest BCUT2D eigenvalue weighted by Crippen LogP contribution is -2.11. The molecule has 0 radical (unpaired) electrons. The van der Waals surface area contributed by atoms with Gasteiger partial charge in [-0.15, -0.1) is 0 Å². The summed E-state index contributed by atoms with van der Waals surface area (Å²) in [6.45, 7) is 8.30. The van der Waals surface area contributed by atoms with Crippen LogP contribution in [-0.4, -0.2) is 22.0 Å². The van der Waals surface area contributed by atoms with Gasteiger partial charge in [-0.1, -0.05) is 60.9 Å². The lowest BCUT2D eigenvalue weighted by atomic mass is 9.98. The number of nitrogens with zero attached hydrogens (tertiary/aromatic N) is 2. The van der Waals surface area contributed by atoms with Gasteiger partial charge in [-0.05, 0) is 60.9 Å². The van der Waals surface area contributed by atoms with Gasteiger partial charge >= 0.3 is 5.97 Å². The van der Waals surface area contributed by atoms with Crippen LogP contribution < -0.4 is 0 Å². The molecule has 0 aliphatic rings. The number of carbonyl (C=O) groups excluding carboxylic acids is 2. The van der Waals surface area contributed by atoms with E-state index in [2.05, 4.69) is 40.9 Å². The van der Waals surface area contributed by atoms with Crippen LogP contribution in [0.15, 0.2) is 71.9 Å². The Labute approximate surface area is 209 Å². The molecule has 0 spiro atoms. The van der Waals surface area contributed by atoms with Gasteiger partial charge < -0.3 is 9.40 Å².